The first kappa shape index (κ1) is 13.1. The summed E-state index contributed by atoms with van der Waals surface area (Å²) in [5.41, 5.74) is 5.33. The summed E-state index contributed by atoms with van der Waals surface area (Å²) in [6.07, 6.45) is 0.966. The van der Waals surface area contributed by atoms with E-state index in [2.05, 4.69) is 88.1 Å². The zero-order valence-corrected chi connectivity index (χ0v) is 12.4. The molecule has 20 heavy (non-hydrogen) atoms. The van der Waals surface area contributed by atoms with Crippen LogP contribution in [0.1, 0.15) is 11.1 Å². The summed E-state index contributed by atoms with van der Waals surface area (Å²) in [6, 6.07) is 27.8. The molecule has 3 aromatic carbocycles. The topological polar surface area (TPSA) is 0 Å². The minimum Gasteiger partial charge on any atom is -0.105 e. The van der Waals surface area contributed by atoms with Gasteiger partial charge in [-0.1, -0.05) is 78.9 Å². The van der Waals surface area contributed by atoms with Crippen LogP contribution in [0.2, 0.25) is 0 Å². The van der Waals surface area contributed by atoms with E-state index in [4.69, 9.17) is 0 Å². The Morgan fingerprint density at radius 2 is 1.30 bits per heavy atom. The zero-order valence-electron chi connectivity index (χ0n) is 11.3. The Morgan fingerprint density at radius 3 is 2.00 bits per heavy atom. The third-order valence-electron chi connectivity index (χ3n) is 3.48. The van der Waals surface area contributed by atoms with E-state index in [1.54, 1.807) is 0 Å². The van der Waals surface area contributed by atoms with Gasteiger partial charge in [0, 0.05) is 0 Å². The lowest BCUT2D eigenvalue weighted by atomic mass is 9.95. The van der Waals surface area contributed by atoms with Crippen molar-refractivity contribution < 1.29 is 0 Å². The normalized spacial score (nSPS) is 10.4. The maximum absolute atomic E-state index is 2.86. The predicted octanol–water partition coefficient (Wildman–Crippen LogP) is 4.44. The Balaban J connectivity index is 2.06. The molecule has 0 heterocycles. The maximum Gasteiger partial charge on any atom is -0.00194 e. The number of hydrogen-bond donors (Lipinski definition) is 0. The highest BCUT2D eigenvalue weighted by Gasteiger charge is 2.08. The molecule has 0 amide bonds. The molecule has 0 bridgehead atoms. The van der Waals surface area contributed by atoms with Crippen molar-refractivity contribution in [3.05, 3.63) is 90.0 Å². The summed E-state index contributed by atoms with van der Waals surface area (Å²) >= 11 is 0. The van der Waals surface area contributed by atoms with Crippen molar-refractivity contribution in [3.8, 4) is 11.1 Å². The van der Waals surface area contributed by atoms with E-state index in [0.717, 1.165) is 6.42 Å². The van der Waals surface area contributed by atoms with Crippen molar-refractivity contribution in [2.24, 2.45) is 0 Å². The number of rotatable bonds is 3. The van der Waals surface area contributed by atoms with Crippen LogP contribution >= 0.6 is 9.24 Å². The molecule has 0 N–H and O–H groups in total. The molecule has 1 atom stereocenters. The Kier molecular flexibility index (Phi) is 3.95. The van der Waals surface area contributed by atoms with Crippen LogP contribution in [0.4, 0.5) is 0 Å². The second-order valence-electron chi connectivity index (χ2n) is 4.91. The highest BCUT2D eigenvalue weighted by molar-refractivity contribution is 7.28. The van der Waals surface area contributed by atoms with Crippen LogP contribution in [0.25, 0.3) is 11.1 Å². The maximum atomic E-state index is 2.86. The third-order valence-corrected chi connectivity index (χ3v) is 3.96. The molecule has 98 valence electrons. The van der Waals surface area contributed by atoms with Crippen molar-refractivity contribution in [2.75, 3.05) is 0 Å². The number of hydrogen-bond acceptors (Lipinski definition) is 0. The van der Waals surface area contributed by atoms with Gasteiger partial charge in [0.25, 0.3) is 0 Å². The van der Waals surface area contributed by atoms with Crippen LogP contribution in [0.3, 0.4) is 0 Å². The number of benzene rings is 3. The summed E-state index contributed by atoms with van der Waals surface area (Å²) < 4.78 is 0. The molecule has 3 aromatic rings. The molecule has 1 unspecified atom stereocenters. The predicted molar refractivity (Wildman–Crippen MR) is 90.5 cm³/mol. The minimum atomic E-state index is 0.966. The zero-order chi connectivity index (χ0) is 13.8. The molecule has 0 aliphatic heterocycles. The largest absolute Gasteiger partial charge is 0.105 e. The van der Waals surface area contributed by atoms with Gasteiger partial charge >= 0.3 is 0 Å². The smallest absolute Gasteiger partial charge is 0.00194 e. The molecule has 0 fully saturated rings. The summed E-state index contributed by atoms with van der Waals surface area (Å²) in [4.78, 5) is 0. The molecule has 3 rings (SSSR count). The molecular formula is C19H17P. The molecule has 0 aliphatic carbocycles. The van der Waals surface area contributed by atoms with Crippen LogP contribution in [0.5, 0.6) is 0 Å². The third kappa shape index (κ3) is 2.81. The van der Waals surface area contributed by atoms with Crippen molar-refractivity contribution in [3.63, 3.8) is 0 Å². The first-order valence-electron chi connectivity index (χ1n) is 6.81. The van der Waals surface area contributed by atoms with Gasteiger partial charge in [0.2, 0.25) is 0 Å². The lowest BCUT2D eigenvalue weighted by Gasteiger charge is -2.13. The fourth-order valence-corrected chi connectivity index (χ4v) is 3.00. The SMILES string of the molecule is Pc1cccc(Cc2ccccc2)c1-c1ccccc1. The highest BCUT2D eigenvalue weighted by atomic mass is 31.0. The molecule has 0 spiro atoms. The second-order valence-corrected chi connectivity index (χ2v) is 5.53. The van der Waals surface area contributed by atoms with E-state index in [1.165, 1.54) is 27.6 Å². The first-order chi connectivity index (χ1) is 9.84. The molecule has 0 radical (unpaired) electrons. The van der Waals surface area contributed by atoms with E-state index in [1.807, 2.05) is 0 Å². The van der Waals surface area contributed by atoms with Crippen LogP contribution < -0.4 is 5.30 Å². The fraction of sp³-hybridized carbons (Fsp3) is 0.0526. The fourth-order valence-electron chi connectivity index (χ4n) is 2.54. The standard InChI is InChI=1S/C19H17P/c20-18-13-7-12-17(14-15-8-3-1-4-9-15)19(18)16-10-5-2-6-11-16/h1-13H,14,20H2. The molecular weight excluding hydrogens is 259 g/mol. The average molecular weight is 276 g/mol. The van der Waals surface area contributed by atoms with Crippen LogP contribution in [0, 0.1) is 0 Å². The Bertz CT molecular complexity index is 687. The Labute approximate surface area is 122 Å². The lowest BCUT2D eigenvalue weighted by Crippen LogP contribution is -2.02. The molecule has 0 nitrogen and oxygen atoms in total. The molecule has 0 aromatic heterocycles. The van der Waals surface area contributed by atoms with Gasteiger partial charge in [0.1, 0.15) is 0 Å². The lowest BCUT2D eigenvalue weighted by molar-refractivity contribution is 1.20. The summed E-state index contributed by atoms with van der Waals surface area (Å²) in [6.45, 7) is 0. The van der Waals surface area contributed by atoms with E-state index in [-0.39, 0.29) is 0 Å². The van der Waals surface area contributed by atoms with Crippen molar-refractivity contribution in [1.82, 2.24) is 0 Å². The van der Waals surface area contributed by atoms with Crippen LogP contribution in [0.15, 0.2) is 78.9 Å². The van der Waals surface area contributed by atoms with Crippen molar-refractivity contribution in [2.45, 2.75) is 6.42 Å². The summed E-state index contributed by atoms with van der Waals surface area (Å²) in [5.74, 6) is 0. The van der Waals surface area contributed by atoms with Crippen molar-refractivity contribution >= 4 is 14.5 Å². The van der Waals surface area contributed by atoms with Gasteiger partial charge in [-0.15, -0.1) is 9.24 Å². The van der Waals surface area contributed by atoms with Gasteiger partial charge in [-0.3, -0.25) is 0 Å². The van der Waals surface area contributed by atoms with Gasteiger partial charge in [0.15, 0.2) is 0 Å². The molecule has 0 saturated heterocycles. The van der Waals surface area contributed by atoms with E-state index >= 15 is 0 Å². The van der Waals surface area contributed by atoms with Gasteiger partial charge in [-0.05, 0) is 34.0 Å². The van der Waals surface area contributed by atoms with E-state index in [0.29, 0.717) is 0 Å². The van der Waals surface area contributed by atoms with E-state index < -0.39 is 0 Å². The molecule has 1 heteroatoms. The monoisotopic (exact) mass is 276 g/mol. The van der Waals surface area contributed by atoms with Gasteiger partial charge in [-0.2, -0.15) is 0 Å². The summed E-state index contributed by atoms with van der Waals surface area (Å²) in [5, 5.41) is 1.25. The molecule has 0 saturated carbocycles. The van der Waals surface area contributed by atoms with Gasteiger partial charge in [-0.25, -0.2) is 0 Å². The van der Waals surface area contributed by atoms with E-state index in [9.17, 15) is 0 Å². The minimum absolute atomic E-state index is 0.966. The van der Waals surface area contributed by atoms with Crippen LogP contribution in [-0.4, -0.2) is 0 Å². The first-order valence-corrected chi connectivity index (χ1v) is 7.39. The van der Waals surface area contributed by atoms with Crippen LogP contribution in [-0.2, 0) is 6.42 Å². The average Bonchev–Trinajstić information content (AvgIpc) is 2.49. The Hall–Kier alpha value is -1.91. The highest BCUT2D eigenvalue weighted by Crippen LogP contribution is 2.25. The van der Waals surface area contributed by atoms with Crippen molar-refractivity contribution in [1.29, 1.82) is 0 Å². The van der Waals surface area contributed by atoms with Gasteiger partial charge in [0.05, 0.1) is 0 Å². The second kappa shape index (κ2) is 6.03. The molecule has 0 aliphatic rings. The summed E-state index contributed by atoms with van der Waals surface area (Å²) in [7, 11) is 2.86. The quantitative estimate of drug-likeness (QED) is 0.620. The Morgan fingerprint density at radius 1 is 0.650 bits per heavy atom. The van der Waals surface area contributed by atoms with Gasteiger partial charge < -0.3 is 0 Å².